The van der Waals surface area contributed by atoms with Gasteiger partial charge in [0, 0.05) is 37.0 Å². The summed E-state index contributed by atoms with van der Waals surface area (Å²) in [6.07, 6.45) is 10.8. The molecule has 10 nitrogen and oxygen atoms in total. The lowest BCUT2D eigenvalue weighted by molar-refractivity contribution is -0.136. The maximum absolute atomic E-state index is 13.2. The van der Waals surface area contributed by atoms with E-state index in [1.807, 2.05) is 11.0 Å². The zero-order valence-corrected chi connectivity index (χ0v) is 19.0. The normalized spacial score (nSPS) is 27.6. The minimum absolute atomic E-state index is 0.0481. The summed E-state index contributed by atoms with van der Waals surface area (Å²) in [4.78, 5) is 53.2. The van der Waals surface area contributed by atoms with Gasteiger partial charge in [-0.15, -0.1) is 17.4 Å². The molecular weight excluding hydrogens is 448 g/mol. The predicted molar refractivity (Wildman–Crippen MR) is 122 cm³/mol. The predicted octanol–water partition coefficient (Wildman–Crippen LogP) is 0.902. The van der Waals surface area contributed by atoms with Gasteiger partial charge in [-0.2, -0.15) is 0 Å². The van der Waals surface area contributed by atoms with E-state index in [1.54, 1.807) is 18.3 Å². The van der Waals surface area contributed by atoms with Crippen LogP contribution in [0.2, 0.25) is 0 Å². The minimum Gasteiger partial charge on any atom is -0.333 e. The number of nitrogens with zero attached hydrogens (tertiary/aromatic N) is 5. The molecule has 4 aliphatic heterocycles. The molecule has 1 aromatic carbocycles. The molecule has 7 rings (SSSR count). The van der Waals surface area contributed by atoms with Crippen LogP contribution in [0.25, 0.3) is 5.69 Å². The van der Waals surface area contributed by atoms with Gasteiger partial charge >= 0.3 is 0 Å². The van der Waals surface area contributed by atoms with Gasteiger partial charge in [0.1, 0.15) is 6.04 Å². The Morgan fingerprint density at radius 3 is 2.80 bits per heavy atom. The van der Waals surface area contributed by atoms with E-state index >= 15 is 0 Å². The van der Waals surface area contributed by atoms with Crippen molar-refractivity contribution in [1.82, 2.24) is 30.1 Å². The number of amides is 4. The number of carbonyl (C=O) groups is 4. The van der Waals surface area contributed by atoms with E-state index in [0.717, 1.165) is 24.8 Å². The van der Waals surface area contributed by atoms with Crippen LogP contribution in [-0.4, -0.2) is 67.1 Å². The Balaban J connectivity index is 1.21. The third-order valence-corrected chi connectivity index (χ3v) is 7.74. The van der Waals surface area contributed by atoms with E-state index in [0.29, 0.717) is 30.1 Å². The SMILES string of the molecule is C#CC1CC2CCC1N(C(=O)c1cn(-c3ccc4c(c3)CN(C3CCC(=O)NC3=O)C4=O)nn1)C2. The topological polar surface area (TPSA) is 118 Å². The van der Waals surface area contributed by atoms with Crippen LogP contribution in [0, 0.1) is 24.2 Å². The van der Waals surface area contributed by atoms with Gasteiger partial charge in [-0.05, 0) is 55.4 Å². The van der Waals surface area contributed by atoms with Crippen molar-refractivity contribution in [1.29, 1.82) is 0 Å². The fraction of sp³-hybridized carbons (Fsp3) is 0.440. The fourth-order valence-electron chi connectivity index (χ4n) is 5.95. The number of aromatic nitrogens is 3. The molecule has 1 aromatic heterocycles. The summed E-state index contributed by atoms with van der Waals surface area (Å²) in [5, 5.41) is 10.6. The van der Waals surface area contributed by atoms with E-state index in [-0.39, 0.29) is 48.3 Å². The van der Waals surface area contributed by atoms with Gasteiger partial charge in [-0.25, -0.2) is 4.68 Å². The number of fused-ring (bicyclic) bond motifs is 4. The summed E-state index contributed by atoms with van der Waals surface area (Å²) in [6.45, 7) is 0.963. The van der Waals surface area contributed by atoms with E-state index in [1.165, 1.54) is 9.58 Å². The van der Waals surface area contributed by atoms with Gasteiger partial charge in [0.05, 0.1) is 11.9 Å². The number of carbonyl (C=O) groups excluding carboxylic acids is 4. The lowest BCUT2D eigenvalue weighted by atomic mass is 9.73. The van der Waals surface area contributed by atoms with Gasteiger partial charge in [0.15, 0.2) is 5.69 Å². The summed E-state index contributed by atoms with van der Waals surface area (Å²) in [5.74, 6) is 2.21. The molecule has 4 amide bonds. The largest absolute Gasteiger partial charge is 0.333 e. The number of imide groups is 1. The molecule has 2 aromatic rings. The molecule has 5 aliphatic rings. The monoisotopic (exact) mass is 472 g/mol. The summed E-state index contributed by atoms with van der Waals surface area (Å²) in [6, 6.07) is 4.64. The van der Waals surface area contributed by atoms with Gasteiger partial charge in [-0.1, -0.05) is 5.21 Å². The molecule has 1 aliphatic carbocycles. The second-order valence-electron chi connectivity index (χ2n) is 9.77. The maximum atomic E-state index is 13.2. The third kappa shape index (κ3) is 3.50. The molecule has 3 saturated heterocycles. The van der Waals surface area contributed by atoms with Crippen LogP contribution in [0.1, 0.15) is 58.5 Å². The van der Waals surface area contributed by atoms with Gasteiger partial charge in [0.2, 0.25) is 11.8 Å². The standard InChI is InChI=1S/C25H24N6O4/c1-2-15-9-14-3-6-20(15)29(11-14)25(35)19-13-31(28-27-19)17-4-5-18-16(10-17)12-30(24(18)34)21-7-8-22(32)26-23(21)33/h1,4-5,10,13-15,20-21H,3,6-9,11-12H2,(H,26,32,33). The zero-order chi connectivity index (χ0) is 24.3. The lowest BCUT2D eigenvalue weighted by Crippen LogP contribution is -2.55. The Bertz CT molecular complexity index is 1310. The summed E-state index contributed by atoms with van der Waals surface area (Å²) >= 11 is 0. The molecule has 35 heavy (non-hydrogen) atoms. The van der Waals surface area contributed by atoms with Crippen molar-refractivity contribution in [2.45, 2.75) is 50.7 Å². The number of hydrogen-bond acceptors (Lipinski definition) is 6. The highest BCUT2D eigenvalue weighted by Gasteiger charge is 2.43. The average molecular weight is 473 g/mol. The van der Waals surface area contributed by atoms with E-state index < -0.39 is 11.9 Å². The number of piperidine rings is 3. The molecule has 1 saturated carbocycles. The Morgan fingerprint density at radius 1 is 1.17 bits per heavy atom. The Labute approximate surface area is 201 Å². The van der Waals surface area contributed by atoms with Crippen molar-refractivity contribution in [2.24, 2.45) is 11.8 Å². The van der Waals surface area contributed by atoms with E-state index in [9.17, 15) is 19.2 Å². The molecule has 5 heterocycles. The quantitative estimate of drug-likeness (QED) is 0.524. The van der Waals surface area contributed by atoms with Crippen LogP contribution in [0.4, 0.5) is 0 Å². The molecular formula is C25H24N6O4. The van der Waals surface area contributed by atoms with Crippen molar-refractivity contribution in [3.63, 3.8) is 0 Å². The molecule has 0 spiro atoms. The minimum atomic E-state index is -0.668. The fourth-order valence-corrected chi connectivity index (χ4v) is 5.95. The van der Waals surface area contributed by atoms with Crippen molar-refractivity contribution < 1.29 is 19.2 Å². The first-order valence-electron chi connectivity index (χ1n) is 11.9. The lowest BCUT2D eigenvalue weighted by Gasteiger charge is -2.48. The highest BCUT2D eigenvalue weighted by molar-refractivity contribution is 6.05. The average Bonchev–Trinajstić information content (AvgIpc) is 3.49. The molecule has 178 valence electrons. The van der Waals surface area contributed by atoms with Gasteiger partial charge in [0.25, 0.3) is 11.8 Å². The molecule has 4 atom stereocenters. The first kappa shape index (κ1) is 21.5. The zero-order valence-electron chi connectivity index (χ0n) is 19.0. The number of nitrogens with one attached hydrogen (secondary N) is 1. The molecule has 4 fully saturated rings. The van der Waals surface area contributed by atoms with Crippen LogP contribution >= 0.6 is 0 Å². The van der Waals surface area contributed by atoms with Crippen LogP contribution < -0.4 is 5.32 Å². The van der Waals surface area contributed by atoms with E-state index in [4.69, 9.17) is 6.42 Å². The first-order valence-corrected chi connectivity index (χ1v) is 11.9. The number of hydrogen-bond donors (Lipinski definition) is 1. The first-order chi connectivity index (χ1) is 16.9. The smallest absolute Gasteiger partial charge is 0.276 e. The van der Waals surface area contributed by atoms with E-state index in [2.05, 4.69) is 21.5 Å². The summed E-state index contributed by atoms with van der Waals surface area (Å²) in [5.41, 5.74) is 2.19. The molecule has 10 heteroatoms. The van der Waals surface area contributed by atoms with Crippen LogP contribution in [-0.2, 0) is 16.1 Å². The van der Waals surface area contributed by atoms with Crippen LogP contribution in [0.5, 0.6) is 0 Å². The van der Waals surface area contributed by atoms with Crippen molar-refractivity contribution in [2.75, 3.05) is 6.54 Å². The van der Waals surface area contributed by atoms with Crippen LogP contribution in [0.15, 0.2) is 24.4 Å². The molecule has 0 radical (unpaired) electrons. The molecule has 1 N–H and O–H groups in total. The second kappa shape index (κ2) is 8.05. The highest BCUT2D eigenvalue weighted by Crippen LogP contribution is 2.39. The van der Waals surface area contributed by atoms with Crippen molar-refractivity contribution in [3.8, 4) is 18.0 Å². The number of rotatable bonds is 3. The Hall–Kier alpha value is -4.00. The number of terminal acetylenes is 1. The maximum Gasteiger partial charge on any atom is 0.276 e. The van der Waals surface area contributed by atoms with Crippen molar-refractivity contribution >= 4 is 23.6 Å². The van der Waals surface area contributed by atoms with Gasteiger partial charge < -0.3 is 9.80 Å². The van der Waals surface area contributed by atoms with Gasteiger partial charge in [-0.3, -0.25) is 24.5 Å². The molecule has 4 unspecified atom stereocenters. The molecule has 2 bridgehead atoms. The Morgan fingerprint density at radius 2 is 2.03 bits per heavy atom. The van der Waals surface area contributed by atoms with Crippen LogP contribution in [0.3, 0.4) is 0 Å². The third-order valence-electron chi connectivity index (χ3n) is 7.74. The highest BCUT2D eigenvalue weighted by atomic mass is 16.2. The Kier molecular flexibility index (Phi) is 4.95. The number of benzene rings is 1. The summed E-state index contributed by atoms with van der Waals surface area (Å²) in [7, 11) is 0. The second-order valence-corrected chi connectivity index (χ2v) is 9.77. The summed E-state index contributed by atoms with van der Waals surface area (Å²) < 4.78 is 1.52. The van der Waals surface area contributed by atoms with Crippen molar-refractivity contribution in [3.05, 3.63) is 41.2 Å².